The van der Waals surface area contributed by atoms with E-state index < -0.39 is 0 Å². The fraction of sp³-hybridized carbons (Fsp3) is 0.391. The number of thiazole rings is 1. The Balaban J connectivity index is 1.81. The highest BCUT2D eigenvalue weighted by molar-refractivity contribution is 7.22. The molecule has 164 valence electrons. The maximum absolute atomic E-state index is 13.8. The minimum absolute atomic E-state index is 0.0319. The molecule has 0 radical (unpaired) electrons. The average Bonchev–Trinajstić information content (AvgIpc) is 3.47. The number of ether oxygens (including phenoxy) is 4. The summed E-state index contributed by atoms with van der Waals surface area (Å²) >= 11 is 1.48. The van der Waals surface area contributed by atoms with E-state index in [0.717, 1.165) is 28.6 Å². The number of carbonyl (C=O) groups is 1. The molecule has 3 aromatic rings. The van der Waals surface area contributed by atoms with Gasteiger partial charge in [-0.15, -0.1) is 0 Å². The average molecular weight is 443 g/mol. The first kappa shape index (κ1) is 21.4. The molecule has 1 aromatic heterocycles. The Morgan fingerprint density at radius 1 is 1.16 bits per heavy atom. The smallest absolute Gasteiger partial charge is 0.264 e. The van der Waals surface area contributed by atoms with Crippen LogP contribution in [-0.4, -0.2) is 51.5 Å². The van der Waals surface area contributed by atoms with Crippen LogP contribution < -0.4 is 19.1 Å². The lowest BCUT2D eigenvalue weighted by Crippen LogP contribution is -2.37. The van der Waals surface area contributed by atoms with E-state index in [0.29, 0.717) is 41.1 Å². The van der Waals surface area contributed by atoms with Crippen molar-refractivity contribution in [1.29, 1.82) is 0 Å². The summed E-state index contributed by atoms with van der Waals surface area (Å²) in [4.78, 5) is 20.3. The maximum Gasteiger partial charge on any atom is 0.264 e. The highest BCUT2D eigenvalue weighted by atomic mass is 32.1. The summed E-state index contributed by atoms with van der Waals surface area (Å²) in [7, 11) is 4.75. The lowest BCUT2D eigenvalue weighted by atomic mass is 10.1. The van der Waals surface area contributed by atoms with E-state index in [1.165, 1.54) is 11.3 Å². The molecule has 1 saturated heterocycles. The quantitative estimate of drug-likeness (QED) is 0.538. The summed E-state index contributed by atoms with van der Waals surface area (Å²) < 4.78 is 23.1. The molecular weight excluding hydrogens is 416 g/mol. The summed E-state index contributed by atoms with van der Waals surface area (Å²) in [6, 6.07) is 9.11. The molecule has 2 aromatic carbocycles. The van der Waals surface area contributed by atoms with Gasteiger partial charge in [-0.1, -0.05) is 17.4 Å². The number of rotatable bonds is 7. The molecule has 0 aliphatic carbocycles. The zero-order valence-corrected chi connectivity index (χ0v) is 19.0. The van der Waals surface area contributed by atoms with Gasteiger partial charge in [-0.05, 0) is 49.6 Å². The van der Waals surface area contributed by atoms with Crippen LogP contribution in [0.1, 0.15) is 28.8 Å². The van der Waals surface area contributed by atoms with E-state index in [-0.39, 0.29) is 12.0 Å². The van der Waals surface area contributed by atoms with Crippen molar-refractivity contribution < 1.29 is 23.7 Å². The van der Waals surface area contributed by atoms with E-state index in [9.17, 15) is 4.79 Å². The van der Waals surface area contributed by atoms with Crippen LogP contribution >= 0.6 is 11.3 Å². The fourth-order valence-corrected chi connectivity index (χ4v) is 4.80. The van der Waals surface area contributed by atoms with Gasteiger partial charge in [0.1, 0.15) is 22.8 Å². The zero-order chi connectivity index (χ0) is 22.0. The second-order valence-corrected chi connectivity index (χ2v) is 8.35. The van der Waals surface area contributed by atoms with Crippen molar-refractivity contribution in [2.24, 2.45) is 0 Å². The molecule has 2 heterocycles. The Morgan fingerprint density at radius 2 is 1.94 bits per heavy atom. The molecule has 1 aliphatic heterocycles. The molecule has 1 amide bonds. The molecule has 31 heavy (non-hydrogen) atoms. The molecule has 1 atom stereocenters. The molecule has 1 aliphatic rings. The highest BCUT2D eigenvalue weighted by Crippen LogP contribution is 2.38. The van der Waals surface area contributed by atoms with E-state index in [1.807, 2.05) is 19.1 Å². The maximum atomic E-state index is 13.8. The Hall–Kier alpha value is -2.84. The van der Waals surface area contributed by atoms with Crippen molar-refractivity contribution in [1.82, 2.24) is 4.98 Å². The minimum Gasteiger partial charge on any atom is -0.497 e. The number of aryl methyl sites for hydroxylation is 1. The molecule has 0 spiro atoms. The van der Waals surface area contributed by atoms with Crippen LogP contribution in [0.5, 0.6) is 17.2 Å². The van der Waals surface area contributed by atoms with Gasteiger partial charge in [-0.2, -0.15) is 0 Å². The van der Waals surface area contributed by atoms with Gasteiger partial charge < -0.3 is 18.9 Å². The zero-order valence-electron chi connectivity index (χ0n) is 18.1. The van der Waals surface area contributed by atoms with Crippen molar-refractivity contribution in [3.8, 4) is 17.2 Å². The largest absolute Gasteiger partial charge is 0.497 e. The molecular formula is C23H26N2O5S. The van der Waals surface area contributed by atoms with E-state index >= 15 is 0 Å². The van der Waals surface area contributed by atoms with E-state index in [4.69, 9.17) is 23.9 Å². The monoisotopic (exact) mass is 442 g/mol. The third-order valence-corrected chi connectivity index (χ3v) is 6.65. The SMILES string of the molecule is COc1ccc(OC)c(C(=O)N(CC2CCCO2)c2nc3c(OC)ccc(C)c3s2)c1. The van der Waals surface area contributed by atoms with Crippen molar-refractivity contribution in [3.05, 3.63) is 41.5 Å². The third kappa shape index (κ3) is 4.18. The number of nitrogens with zero attached hydrogens (tertiary/aromatic N) is 2. The van der Waals surface area contributed by atoms with Gasteiger partial charge >= 0.3 is 0 Å². The highest BCUT2D eigenvalue weighted by Gasteiger charge is 2.29. The molecule has 7 nitrogen and oxygen atoms in total. The summed E-state index contributed by atoms with van der Waals surface area (Å²) in [6.45, 7) is 3.16. The van der Waals surface area contributed by atoms with Crippen molar-refractivity contribution >= 4 is 32.6 Å². The van der Waals surface area contributed by atoms with Gasteiger partial charge in [0.15, 0.2) is 5.13 Å². The van der Waals surface area contributed by atoms with E-state index in [2.05, 4.69) is 0 Å². The number of hydrogen-bond donors (Lipinski definition) is 0. The number of benzene rings is 2. The lowest BCUT2D eigenvalue weighted by molar-refractivity contribution is 0.0914. The van der Waals surface area contributed by atoms with Gasteiger partial charge in [0.2, 0.25) is 0 Å². The molecule has 4 rings (SSSR count). The molecule has 0 N–H and O–H groups in total. The fourth-order valence-electron chi connectivity index (χ4n) is 3.75. The Bertz CT molecular complexity index is 1090. The normalized spacial score (nSPS) is 15.8. The summed E-state index contributed by atoms with van der Waals surface area (Å²) in [5.74, 6) is 1.55. The van der Waals surface area contributed by atoms with E-state index in [1.54, 1.807) is 44.4 Å². The van der Waals surface area contributed by atoms with Crippen LogP contribution in [0.4, 0.5) is 5.13 Å². The molecule has 0 bridgehead atoms. The lowest BCUT2D eigenvalue weighted by Gasteiger charge is -2.24. The number of anilines is 1. The number of carbonyl (C=O) groups excluding carboxylic acids is 1. The van der Waals surface area contributed by atoms with Gasteiger partial charge in [-0.3, -0.25) is 9.69 Å². The molecule has 1 fully saturated rings. The number of fused-ring (bicyclic) bond motifs is 1. The molecule has 1 unspecified atom stereocenters. The van der Waals surface area contributed by atoms with Crippen LogP contribution in [0, 0.1) is 6.92 Å². The predicted octanol–water partition coefficient (Wildman–Crippen LogP) is 4.46. The summed E-state index contributed by atoms with van der Waals surface area (Å²) in [5.41, 5.74) is 2.26. The first-order valence-corrected chi connectivity index (χ1v) is 11.0. The number of methoxy groups -OCH3 is 3. The van der Waals surface area contributed by atoms with Crippen molar-refractivity contribution in [3.63, 3.8) is 0 Å². The van der Waals surface area contributed by atoms with Crippen LogP contribution in [0.2, 0.25) is 0 Å². The first-order chi connectivity index (χ1) is 15.0. The topological polar surface area (TPSA) is 70.1 Å². The van der Waals surface area contributed by atoms with Gasteiger partial charge in [-0.25, -0.2) is 4.98 Å². The summed E-state index contributed by atoms with van der Waals surface area (Å²) in [5, 5.41) is 0.605. The van der Waals surface area contributed by atoms with Gasteiger partial charge in [0, 0.05) is 6.61 Å². The third-order valence-electron chi connectivity index (χ3n) is 5.44. The first-order valence-electron chi connectivity index (χ1n) is 10.1. The van der Waals surface area contributed by atoms with Crippen molar-refractivity contribution in [2.75, 3.05) is 39.4 Å². The molecule has 0 saturated carbocycles. The second-order valence-electron chi connectivity index (χ2n) is 7.38. The number of amides is 1. The predicted molar refractivity (Wildman–Crippen MR) is 121 cm³/mol. The van der Waals surface area contributed by atoms with Crippen LogP contribution in [0.15, 0.2) is 30.3 Å². The summed E-state index contributed by atoms with van der Waals surface area (Å²) in [6.07, 6.45) is 1.87. The Labute approximate surface area is 185 Å². The number of aromatic nitrogens is 1. The standard InChI is InChI=1S/C23H26N2O5S/c1-14-7-9-19(29-4)20-21(14)31-23(24-20)25(13-16-6-5-11-30-16)22(26)17-12-15(27-2)8-10-18(17)28-3/h7-10,12,16H,5-6,11,13H2,1-4H3. The second kappa shape index (κ2) is 9.11. The van der Waals surface area contributed by atoms with Gasteiger partial charge in [0.25, 0.3) is 5.91 Å². The Kier molecular flexibility index (Phi) is 6.29. The minimum atomic E-state index is -0.207. The molecule has 8 heteroatoms. The van der Waals surface area contributed by atoms with Crippen molar-refractivity contribution in [2.45, 2.75) is 25.9 Å². The van der Waals surface area contributed by atoms with Crippen LogP contribution in [0.3, 0.4) is 0 Å². The van der Waals surface area contributed by atoms with Crippen LogP contribution in [-0.2, 0) is 4.74 Å². The van der Waals surface area contributed by atoms with Gasteiger partial charge in [0.05, 0.1) is 44.2 Å². The van der Waals surface area contributed by atoms with Crippen LogP contribution in [0.25, 0.3) is 10.2 Å². The number of hydrogen-bond acceptors (Lipinski definition) is 7. The Morgan fingerprint density at radius 3 is 2.61 bits per heavy atom.